The van der Waals surface area contributed by atoms with Gasteiger partial charge in [-0.05, 0) is 30.3 Å². The Morgan fingerprint density at radius 3 is 2.88 bits per heavy atom. The number of ether oxygens (including phenoxy) is 1. The molecule has 92 valence electrons. The Bertz CT molecular complexity index is 273. The first kappa shape index (κ1) is 11.9. The van der Waals surface area contributed by atoms with Gasteiger partial charge in [0.05, 0.1) is 12.6 Å². The molecule has 1 saturated carbocycles. The van der Waals surface area contributed by atoms with Crippen molar-refractivity contribution < 1.29 is 4.74 Å². The Morgan fingerprint density at radius 2 is 2.31 bits per heavy atom. The number of hydrazine groups is 1. The number of nitrogens with one attached hydrogen (secondary N) is 1. The van der Waals surface area contributed by atoms with E-state index in [1.54, 1.807) is 0 Å². The van der Waals surface area contributed by atoms with Crippen molar-refractivity contribution in [2.75, 3.05) is 6.61 Å². The lowest BCUT2D eigenvalue weighted by Gasteiger charge is -2.43. The minimum atomic E-state index is 0.206. The molecule has 0 bridgehead atoms. The van der Waals surface area contributed by atoms with Gasteiger partial charge in [-0.15, -0.1) is 0 Å². The van der Waals surface area contributed by atoms with Crippen LogP contribution in [-0.2, 0) is 4.74 Å². The average Bonchev–Trinajstić information content (AvgIpc) is 2.75. The van der Waals surface area contributed by atoms with Crippen LogP contribution in [0.3, 0.4) is 0 Å². The summed E-state index contributed by atoms with van der Waals surface area (Å²) in [6, 6.07) is 0.206. The van der Waals surface area contributed by atoms with Crippen molar-refractivity contribution in [3.63, 3.8) is 0 Å². The molecule has 1 fully saturated rings. The Kier molecular flexibility index (Phi) is 3.55. The molecule has 3 N–H and O–H groups in total. The van der Waals surface area contributed by atoms with E-state index in [9.17, 15) is 0 Å². The number of nitrogens with two attached hydrogens (primary N) is 1. The molecular weight excluding hydrogens is 200 g/mol. The highest BCUT2D eigenvalue weighted by molar-refractivity contribution is 5.11. The molecule has 0 aromatic carbocycles. The largest absolute Gasteiger partial charge is 0.496 e. The van der Waals surface area contributed by atoms with Crippen LogP contribution in [0.5, 0.6) is 0 Å². The molecular formula is C13H24N2O. The van der Waals surface area contributed by atoms with E-state index < -0.39 is 0 Å². The summed E-state index contributed by atoms with van der Waals surface area (Å²) < 4.78 is 5.67. The molecule has 2 atom stereocenters. The topological polar surface area (TPSA) is 47.3 Å². The lowest BCUT2D eigenvalue weighted by molar-refractivity contribution is 0.0830. The maximum atomic E-state index is 5.73. The van der Waals surface area contributed by atoms with Crippen molar-refractivity contribution in [1.29, 1.82) is 0 Å². The second-order valence-electron chi connectivity index (χ2n) is 5.73. The van der Waals surface area contributed by atoms with Gasteiger partial charge in [0.25, 0.3) is 0 Å². The van der Waals surface area contributed by atoms with Gasteiger partial charge >= 0.3 is 0 Å². The minimum Gasteiger partial charge on any atom is -0.496 e. The van der Waals surface area contributed by atoms with Gasteiger partial charge in [0.15, 0.2) is 0 Å². The Hall–Kier alpha value is -0.540. The fraction of sp³-hybridized carbons (Fsp3) is 0.846. The van der Waals surface area contributed by atoms with Crippen molar-refractivity contribution in [2.24, 2.45) is 17.2 Å². The zero-order valence-corrected chi connectivity index (χ0v) is 10.5. The molecule has 0 aromatic rings. The summed E-state index contributed by atoms with van der Waals surface area (Å²) in [6.07, 6.45) is 8.43. The highest BCUT2D eigenvalue weighted by Gasteiger charge is 2.39. The summed E-state index contributed by atoms with van der Waals surface area (Å²) in [4.78, 5) is 0. The highest BCUT2D eigenvalue weighted by atomic mass is 16.5. The number of rotatable bonds is 3. The zero-order chi connectivity index (χ0) is 11.6. The van der Waals surface area contributed by atoms with E-state index in [4.69, 9.17) is 10.6 Å². The Labute approximate surface area is 98.4 Å². The molecule has 2 aliphatic rings. The molecule has 0 amide bonds. The van der Waals surface area contributed by atoms with Gasteiger partial charge in [0, 0.05) is 6.42 Å². The van der Waals surface area contributed by atoms with E-state index in [-0.39, 0.29) is 6.04 Å². The summed E-state index contributed by atoms with van der Waals surface area (Å²) in [5.74, 6) is 7.40. The zero-order valence-electron chi connectivity index (χ0n) is 10.5. The third kappa shape index (κ3) is 2.25. The monoisotopic (exact) mass is 224 g/mol. The van der Waals surface area contributed by atoms with E-state index in [0.29, 0.717) is 11.3 Å². The Balaban J connectivity index is 2.12. The molecule has 0 aromatic heterocycles. The van der Waals surface area contributed by atoms with Crippen LogP contribution in [0.15, 0.2) is 11.8 Å². The summed E-state index contributed by atoms with van der Waals surface area (Å²) >= 11 is 0. The summed E-state index contributed by atoms with van der Waals surface area (Å²) in [5, 5.41) is 0. The second kappa shape index (κ2) is 4.76. The fourth-order valence-corrected chi connectivity index (χ4v) is 3.19. The van der Waals surface area contributed by atoms with Crippen LogP contribution in [0.1, 0.15) is 46.0 Å². The van der Waals surface area contributed by atoms with Gasteiger partial charge in [-0.2, -0.15) is 0 Å². The molecule has 1 heterocycles. The van der Waals surface area contributed by atoms with Gasteiger partial charge in [-0.3, -0.25) is 5.84 Å². The molecule has 2 unspecified atom stereocenters. The predicted molar refractivity (Wildman–Crippen MR) is 65.5 cm³/mol. The molecule has 3 heteroatoms. The van der Waals surface area contributed by atoms with Crippen LogP contribution in [0.25, 0.3) is 0 Å². The van der Waals surface area contributed by atoms with E-state index in [2.05, 4.69) is 25.3 Å². The molecule has 3 nitrogen and oxygen atoms in total. The maximum absolute atomic E-state index is 5.73. The molecule has 1 aliphatic carbocycles. The van der Waals surface area contributed by atoms with Crippen molar-refractivity contribution in [2.45, 2.75) is 52.0 Å². The molecule has 2 rings (SSSR count). The predicted octanol–water partition coefficient (Wildman–Crippen LogP) is 2.34. The molecule has 0 saturated heterocycles. The first-order chi connectivity index (χ1) is 7.65. The van der Waals surface area contributed by atoms with Gasteiger partial charge in [-0.1, -0.05) is 26.7 Å². The fourth-order valence-electron chi connectivity index (χ4n) is 3.19. The number of hydrogen-bond acceptors (Lipinski definition) is 3. The van der Waals surface area contributed by atoms with Crippen LogP contribution < -0.4 is 11.3 Å². The summed E-state index contributed by atoms with van der Waals surface area (Å²) in [6.45, 7) is 5.54. The van der Waals surface area contributed by atoms with Crippen molar-refractivity contribution in [1.82, 2.24) is 5.43 Å². The quantitative estimate of drug-likeness (QED) is 0.571. The second-order valence-corrected chi connectivity index (χ2v) is 5.73. The summed E-state index contributed by atoms with van der Waals surface area (Å²) in [5.41, 5.74) is 3.34. The lowest BCUT2D eigenvalue weighted by Crippen LogP contribution is -2.48. The molecule has 16 heavy (non-hydrogen) atoms. The standard InChI is InChI=1S/C13H24N2O/c1-13(2)8-4-3-6-10(13)12(15-14)11-7-5-9-16-11/h7,10,12,15H,3-6,8-9,14H2,1-2H3. The first-order valence-electron chi connectivity index (χ1n) is 6.44. The maximum Gasteiger partial charge on any atom is 0.111 e. The third-order valence-electron chi connectivity index (χ3n) is 4.21. The van der Waals surface area contributed by atoms with Gasteiger partial charge in [-0.25, -0.2) is 5.43 Å². The molecule has 0 spiro atoms. The van der Waals surface area contributed by atoms with E-state index in [1.807, 2.05) is 0 Å². The van der Waals surface area contributed by atoms with E-state index in [0.717, 1.165) is 18.8 Å². The average molecular weight is 224 g/mol. The van der Waals surface area contributed by atoms with Crippen LogP contribution in [0.4, 0.5) is 0 Å². The Morgan fingerprint density at radius 1 is 1.50 bits per heavy atom. The number of hydrogen-bond donors (Lipinski definition) is 2. The van der Waals surface area contributed by atoms with E-state index in [1.165, 1.54) is 25.7 Å². The minimum absolute atomic E-state index is 0.206. The summed E-state index contributed by atoms with van der Waals surface area (Å²) in [7, 11) is 0. The van der Waals surface area contributed by atoms with Crippen LogP contribution in [0.2, 0.25) is 0 Å². The van der Waals surface area contributed by atoms with E-state index >= 15 is 0 Å². The SMILES string of the molecule is CC1(C)CCCCC1C(NN)C1=CCCO1. The van der Waals surface area contributed by atoms with Crippen LogP contribution in [-0.4, -0.2) is 12.6 Å². The third-order valence-corrected chi connectivity index (χ3v) is 4.21. The first-order valence-corrected chi connectivity index (χ1v) is 6.44. The normalized spacial score (nSPS) is 30.7. The van der Waals surface area contributed by atoms with Crippen LogP contribution >= 0.6 is 0 Å². The van der Waals surface area contributed by atoms with Gasteiger partial charge in [0.1, 0.15) is 5.76 Å². The van der Waals surface area contributed by atoms with Crippen molar-refractivity contribution >= 4 is 0 Å². The smallest absolute Gasteiger partial charge is 0.111 e. The molecule has 1 aliphatic heterocycles. The van der Waals surface area contributed by atoms with Gasteiger partial charge in [0.2, 0.25) is 0 Å². The van der Waals surface area contributed by atoms with Crippen molar-refractivity contribution in [3.05, 3.63) is 11.8 Å². The van der Waals surface area contributed by atoms with Crippen molar-refractivity contribution in [3.8, 4) is 0 Å². The lowest BCUT2D eigenvalue weighted by atomic mass is 9.65. The molecule has 0 radical (unpaired) electrons. The highest BCUT2D eigenvalue weighted by Crippen LogP contribution is 2.44. The van der Waals surface area contributed by atoms with Gasteiger partial charge < -0.3 is 4.74 Å². The van der Waals surface area contributed by atoms with Crippen LogP contribution in [0, 0.1) is 11.3 Å².